The first kappa shape index (κ1) is 13.6. The molecular formula is C15H11ClFN3O. The number of aromatic nitrogens is 2. The predicted octanol–water partition coefficient (Wildman–Crippen LogP) is 3.70. The van der Waals surface area contributed by atoms with E-state index in [1.807, 2.05) is 0 Å². The minimum absolute atomic E-state index is 0.256. The molecule has 1 aromatic heterocycles. The van der Waals surface area contributed by atoms with Crippen LogP contribution in [0.15, 0.2) is 47.0 Å². The van der Waals surface area contributed by atoms with E-state index in [4.69, 9.17) is 21.9 Å². The third kappa shape index (κ3) is 3.03. The summed E-state index contributed by atoms with van der Waals surface area (Å²) in [6.07, 6.45) is 0.256. The van der Waals surface area contributed by atoms with Gasteiger partial charge in [-0.3, -0.25) is 0 Å². The summed E-state index contributed by atoms with van der Waals surface area (Å²) >= 11 is 5.94. The molecule has 0 saturated heterocycles. The summed E-state index contributed by atoms with van der Waals surface area (Å²) in [6, 6.07) is 11.5. The molecule has 0 amide bonds. The predicted molar refractivity (Wildman–Crippen MR) is 78.4 cm³/mol. The van der Waals surface area contributed by atoms with Gasteiger partial charge in [0.25, 0.3) is 5.89 Å². The molecule has 0 bridgehead atoms. The van der Waals surface area contributed by atoms with E-state index < -0.39 is 0 Å². The Balaban J connectivity index is 1.88. The first-order chi connectivity index (χ1) is 10.1. The minimum Gasteiger partial charge on any atom is -0.399 e. The van der Waals surface area contributed by atoms with Gasteiger partial charge >= 0.3 is 0 Å². The van der Waals surface area contributed by atoms with Crippen molar-refractivity contribution in [2.24, 2.45) is 0 Å². The highest BCUT2D eigenvalue weighted by molar-refractivity contribution is 6.31. The highest BCUT2D eigenvalue weighted by Crippen LogP contribution is 2.25. The number of anilines is 1. The average molecular weight is 304 g/mol. The van der Waals surface area contributed by atoms with Crippen molar-refractivity contribution in [1.82, 2.24) is 10.1 Å². The fourth-order valence-corrected chi connectivity index (χ4v) is 2.23. The molecule has 3 aromatic rings. The first-order valence-corrected chi connectivity index (χ1v) is 6.62. The second kappa shape index (κ2) is 5.54. The SMILES string of the molecule is Nc1cc(Cl)cc(-c2nc(Cc3ccccc3F)no2)c1. The Morgan fingerprint density at radius 1 is 1.19 bits per heavy atom. The highest BCUT2D eigenvalue weighted by atomic mass is 35.5. The second-order valence-corrected chi connectivity index (χ2v) is 4.99. The normalized spacial score (nSPS) is 10.8. The van der Waals surface area contributed by atoms with Gasteiger partial charge in [-0.15, -0.1) is 0 Å². The quantitative estimate of drug-likeness (QED) is 0.749. The minimum atomic E-state index is -0.296. The highest BCUT2D eigenvalue weighted by Gasteiger charge is 2.12. The number of rotatable bonds is 3. The number of nitrogen functional groups attached to an aromatic ring is 1. The van der Waals surface area contributed by atoms with Crippen molar-refractivity contribution in [3.63, 3.8) is 0 Å². The van der Waals surface area contributed by atoms with Crippen molar-refractivity contribution in [1.29, 1.82) is 0 Å². The Bertz CT molecular complexity index is 768. The standard InChI is InChI=1S/C15H11ClFN3O/c16-11-5-10(6-12(18)8-11)15-19-14(20-21-15)7-9-3-1-2-4-13(9)17/h1-6,8H,7,18H2. The first-order valence-electron chi connectivity index (χ1n) is 6.24. The molecule has 1 heterocycles. The third-order valence-electron chi connectivity index (χ3n) is 2.94. The van der Waals surface area contributed by atoms with Crippen LogP contribution in [0.1, 0.15) is 11.4 Å². The van der Waals surface area contributed by atoms with Gasteiger partial charge in [0.1, 0.15) is 5.82 Å². The number of nitrogens with two attached hydrogens (primary N) is 1. The summed E-state index contributed by atoms with van der Waals surface area (Å²) in [4.78, 5) is 4.24. The molecule has 0 saturated carbocycles. The van der Waals surface area contributed by atoms with E-state index in [1.165, 1.54) is 6.07 Å². The Labute approximate surface area is 125 Å². The van der Waals surface area contributed by atoms with Crippen LogP contribution < -0.4 is 5.73 Å². The van der Waals surface area contributed by atoms with Crippen molar-refractivity contribution in [2.45, 2.75) is 6.42 Å². The fourth-order valence-electron chi connectivity index (χ4n) is 1.99. The number of benzene rings is 2. The van der Waals surface area contributed by atoms with Crippen LogP contribution in [0.5, 0.6) is 0 Å². The van der Waals surface area contributed by atoms with Crippen LogP contribution in [0.4, 0.5) is 10.1 Å². The number of hydrogen-bond acceptors (Lipinski definition) is 4. The Morgan fingerprint density at radius 2 is 2.00 bits per heavy atom. The van der Waals surface area contributed by atoms with Gasteiger partial charge in [0, 0.05) is 22.7 Å². The molecule has 0 atom stereocenters. The monoisotopic (exact) mass is 303 g/mol. The van der Waals surface area contributed by atoms with Gasteiger partial charge in [-0.05, 0) is 29.8 Å². The van der Waals surface area contributed by atoms with E-state index in [-0.39, 0.29) is 12.2 Å². The lowest BCUT2D eigenvalue weighted by atomic mass is 10.1. The van der Waals surface area contributed by atoms with Crippen LogP contribution in [0, 0.1) is 5.82 Å². The summed E-state index contributed by atoms with van der Waals surface area (Å²) in [7, 11) is 0. The lowest BCUT2D eigenvalue weighted by molar-refractivity contribution is 0.423. The van der Waals surface area contributed by atoms with E-state index >= 15 is 0 Å². The summed E-state index contributed by atoms with van der Waals surface area (Å²) < 4.78 is 18.8. The molecule has 3 rings (SSSR count). The van der Waals surface area contributed by atoms with Crippen LogP contribution in [-0.2, 0) is 6.42 Å². The smallest absolute Gasteiger partial charge is 0.258 e. The maximum absolute atomic E-state index is 13.6. The van der Waals surface area contributed by atoms with E-state index in [0.717, 1.165) is 0 Å². The van der Waals surface area contributed by atoms with E-state index in [1.54, 1.807) is 36.4 Å². The topological polar surface area (TPSA) is 64.9 Å². The van der Waals surface area contributed by atoms with Crippen molar-refractivity contribution in [2.75, 3.05) is 5.73 Å². The Hall–Kier alpha value is -2.40. The van der Waals surface area contributed by atoms with Crippen LogP contribution >= 0.6 is 11.6 Å². The maximum Gasteiger partial charge on any atom is 0.258 e. The maximum atomic E-state index is 13.6. The molecule has 0 radical (unpaired) electrons. The van der Waals surface area contributed by atoms with Gasteiger partial charge in [-0.2, -0.15) is 4.98 Å². The average Bonchev–Trinajstić information content (AvgIpc) is 2.89. The molecule has 106 valence electrons. The largest absolute Gasteiger partial charge is 0.399 e. The number of nitrogens with zero attached hydrogens (tertiary/aromatic N) is 2. The van der Waals surface area contributed by atoms with Gasteiger partial charge in [-0.25, -0.2) is 4.39 Å². The second-order valence-electron chi connectivity index (χ2n) is 4.56. The van der Waals surface area contributed by atoms with E-state index in [2.05, 4.69) is 10.1 Å². The van der Waals surface area contributed by atoms with E-state index in [9.17, 15) is 4.39 Å². The molecule has 2 N–H and O–H groups in total. The van der Waals surface area contributed by atoms with Crippen molar-refractivity contribution >= 4 is 17.3 Å². The molecule has 4 nitrogen and oxygen atoms in total. The third-order valence-corrected chi connectivity index (χ3v) is 3.16. The van der Waals surface area contributed by atoms with Gasteiger partial charge in [0.15, 0.2) is 5.82 Å². The zero-order valence-electron chi connectivity index (χ0n) is 10.9. The zero-order valence-corrected chi connectivity index (χ0v) is 11.6. The van der Waals surface area contributed by atoms with Gasteiger partial charge in [0.05, 0.1) is 0 Å². The van der Waals surface area contributed by atoms with Gasteiger partial charge in [0.2, 0.25) is 0 Å². The molecule has 0 aliphatic carbocycles. The fraction of sp³-hybridized carbons (Fsp3) is 0.0667. The lowest BCUT2D eigenvalue weighted by Gasteiger charge is -1.99. The molecule has 0 unspecified atom stereocenters. The van der Waals surface area contributed by atoms with Gasteiger partial charge < -0.3 is 10.3 Å². The van der Waals surface area contributed by atoms with Crippen molar-refractivity contribution in [3.05, 3.63) is 64.7 Å². The summed E-state index contributed by atoms with van der Waals surface area (Å²) in [5, 5.41) is 4.34. The van der Waals surface area contributed by atoms with Crippen molar-refractivity contribution < 1.29 is 8.91 Å². The number of hydrogen-bond donors (Lipinski definition) is 1. The van der Waals surface area contributed by atoms with Gasteiger partial charge in [-0.1, -0.05) is 35.0 Å². The number of halogens is 2. The summed E-state index contributed by atoms with van der Waals surface area (Å²) in [6.45, 7) is 0. The molecule has 0 fully saturated rings. The molecule has 0 aliphatic heterocycles. The van der Waals surface area contributed by atoms with Crippen LogP contribution in [0.25, 0.3) is 11.5 Å². The molecular weight excluding hydrogens is 293 g/mol. The molecule has 0 spiro atoms. The molecule has 21 heavy (non-hydrogen) atoms. The zero-order chi connectivity index (χ0) is 14.8. The summed E-state index contributed by atoms with van der Waals surface area (Å²) in [5.41, 5.74) is 7.37. The Kier molecular flexibility index (Phi) is 3.58. The van der Waals surface area contributed by atoms with Crippen LogP contribution in [-0.4, -0.2) is 10.1 Å². The van der Waals surface area contributed by atoms with Crippen LogP contribution in [0.2, 0.25) is 5.02 Å². The van der Waals surface area contributed by atoms with Crippen LogP contribution in [0.3, 0.4) is 0 Å². The lowest BCUT2D eigenvalue weighted by Crippen LogP contribution is -1.94. The van der Waals surface area contributed by atoms with Crippen molar-refractivity contribution in [3.8, 4) is 11.5 Å². The molecule has 2 aromatic carbocycles. The molecule has 0 aliphatic rings. The molecule has 6 heteroatoms. The van der Waals surface area contributed by atoms with E-state index in [0.29, 0.717) is 33.6 Å². The summed E-state index contributed by atoms with van der Waals surface area (Å²) in [5.74, 6) is 0.403. The Morgan fingerprint density at radius 3 is 2.76 bits per heavy atom.